The zero-order chi connectivity index (χ0) is 22.1. The molecule has 0 saturated carbocycles. The van der Waals surface area contributed by atoms with Gasteiger partial charge in [-0.05, 0) is 50.5 Å². The molecule has 3 rings (SSSR count). The summed E-state index contributed by atoms with van der Waals surface area (Å²) in [7, 11) is 9.87. The van der Waals surface area contributed by atoms with Gasteiger partial charge in [-0.15, -0.1) is 0 Å². The molecule has 1 N–H and O–H groups in total. The molecular formula is C25H27Cl2NOZr. The van der Waals surface area contributed by atoms with E-state index < -0.39 is 26.3 Å². The molecule has 0 aromatic heterocycles. The van der Waals surface area contributed by atoms with E-state index in [4.69, 9.17) is 17.0 Å². The molecule has 0 amide bonds. The number of aliphatic imine (C=N–C) groups is 1. The summed E-state index contributed by atoms with van der Waals surface area (Å²) in [6.07, 6.45) is 1.78. The Labute approximate surface area is 198 Å². The van der Waals surface area contributed by atoms with E-state index in [0.717, 1.165) is 27.8 Å². The van der Waals surface area contributed by atoms with Crippen molar-refractivity contribution in [1.29, 1.82) is 0 Å². The number of benzene rings is 3. The number of aryl methyl sites for hydroxylation is 1. The molecule has 0 radical (unpaired) electrons. The van der Waals surface area contributed by atoms with Crippen LogP contribution in [0.4, 0.5) is 0 Å². The van der Waals surface area contributed by atoms with E-state index >= 15 is 0 Å². The maximum atomic E-state index is 11.2. The Morgan fingerprint density at radius 2 is 1.40 bits per heavy atom. The van der Waals surface area contributed by atoms with E-state index in [-0.39, 0.29) is 6.04 Å². The summed E-state index contributed by atoms with van der Waals surface area (Å²) >= 11 is -0.826. The van der Waals surface area contributed by atoms with Crippen molar-refractivity contribution in [3.8, 4) is 5.75 Å². The summed E-state index contributed by atoms with van der Waals surface area (Å²) in [6, 6.07) is 25.0. The van der Waals surface area contributed by atoms with Crippen molar-refractivity contribution < 1.29 is 26.0 Å². The Morgan fingerprint density at radius 1 is 0.933 bits per heavy atom. The van der Waals surface area contributed by atoms with Crippen LogP contribution in [0, 0.1) is 6.92 Å². The Kier molecular flexibility index (Phi) is 9.81. The number of aromatic hydroxyl groups is 1. The van der Waals surface area contributed by atoms with Gasteiger partial charge in [0, 0.05) is 28.8 Å². The van der Waals surface area contributed by atoms with Gasteiger partial charge in [0.15, 0.2) is 0 Å². The first-order chi connectivity index (χ1) is 14.3. The third-order valence-corrected chi connectivity index (χ3v) is 5.04. The zero-order valence-electron chi connectivity index (χ0n) is 17.7. The molecular weight excluding hydrogens is 492 g/mol. The Bertz CT molecular complexity index is 920. The van der Waals surface area contributed by atoms with Crippen LogP contribution < -0.4 is 0 Å². The standard InChI is InChI=1S/C25H27NO.2ClH.Zr/c1-18(2)26-17-20-15-19(3)16-23(24(20)27)25(4,21-11-7-5-8-12-21)22-13-9-6-10-14-22;;;/h5-18,27H,1-4H3;2*1H;/q;;;+2/p-2. The number of rotatable bonds is 5. The predicted octanol–water partition coefficient (Wildman–Crippen LogP) is 7.26. The molecule has 0 saturated heterocycles. The molecule has 3 aromatic rings. The van der Waals surface area contributed by atoms with Crippen molar-refractivity contribution in [3.63, 3.8) is 0 Å². The molecule has 2 nitrogen and oxygen atoms in total. The molecule has 0 heterocycles. The van der Waals surface area contributed by atoms with Gasteiger partial charge in [-0.2, -0.15) is 0 Å². The fourth-order valence-electron chi connectivity index (χ4n) is 3.54. The number of hydrogen-bond acceptors (Lipinski definition) is 2. The summed E-state index contributed by atoms with van der Waals surface area (Å²) in [6.45, 7) is 8.30. The minimum atomic E-state index is -0.826. The first-order valence-electron chi connectivity index (χ1n) is 9.79. The third kappa shape index (κ3) is 6.06. The molecule has 0 fully saturated rings. The van der Waals surface area contributed by atoms with Crippen LogP contribution in [0.1, 0.15) is 48.6 Å². The molecule has 30 heavy (non-hydrogen) atoms. The zero-order valence-corrected chi connectivity index (χ0v) is 21.7. The number of nitrogens with zero attached hydrogens (tertiary/aromatic N) is 1. The van der Waals surface area contributed by atoms with Gasteiger partial charge < -0.3 is 5.11 Å². The minimum absolute atomic E-state index is 0.183. The van der Waals surface area contributed by atoms with Gasteiger partial charge in [0.25, 0.3) is 0 Å². The van der Waals surface area contributed by atoms with Crippen LogP contribution in [0.3, 0.4) is 0 Å². The summed E-state index contributed by atoms with van der Waals surface area (Å²) in [5, 5.41) is 11.2. The average Bonchev–Trinajstić information content (AvgIpc) is 2.75. The second-order valence-corrected chi connectivity index (χ2v) is 11.3. The molecule has 0 aliphatic heterocycles. The average molecular weight is 520 g/mol. The predicted molar refractivity (Wildman–Crippen MR) is 126 cm³/mol. The fourth-order valence-corrected chi connectivity index (χ4v) is 3.54. The van der Waals surface area contributed by atoms with E-state index in [1.165, 1.54) is 0 Å². The van der Waals surface area contributed by atoms with E-state index in [0.29, 0.717) is 5.75 Å². The molecule has 156 valence electrons. The Hall–Kier alpha value is -1.41. The summed E-state index contributed by atoms with van der Waals surface area (Å²) < 4.78 is 0. The Morgan fingerprint density at radius 3 is 1.83 bits per heavy atom. The van der Waals surface area contributed by atoms with Crippen LogP contribution >= 0.6 is 17.0 Å². The van der Waals surface area contributed by atoms with Gasteiger partial charge in [-0.1, -0.05) is 66.7 Å². The monoisotopic (exact) mass is 517 g/mol. The topological polar surface area (TPSA) is 32.6 Å². The van der Waals surface area contributed by atoms with E-state index in [1.807, 2.05) is 56.3 Å². The molecule has 0 unspecified atom stereocenters. The van der Waals surface area contributed by atoms with Crippen LogP contribution in [0.15, 0.2) is 77.8 Å². The van der Waals surface area contributed by atoms with Crippen LogP contribution in [0.25, 0.3) is 0 Å². The summed E-state index contributed by atoms with van der Waals surface area (Å²) in [5.74, 6) is 0.292. The number of phenols is 1. The maximum absolute atomic E-state index is 11.2. The van der Waals surface area contributed by atoms with Crippen molar-refractivity contribution >= 4 is 23.2 Å². The van der Waals surface area contributed by atoms with Crippen molar-refractivity contribution in [3.05, 3.63) is 101 Å². The van der Waals surface area contributed by atoms with E-state index in [9.17, 15) is 5.11 Å². The summed E-state index contributed by atoms with van der Waals surface area (Å²) in [5.41, 5.74) is 4.57. The quantitative estimate of drug-likeness (QED) is 0.279. The van der Waals surface area contributed by atoms with E-state index in [2.05, 4.69) is 49.2 Å². The third-order valence-electron chi connectivity index (χ3n) is 5.04. The molecule has 0 aliphatic rings. The number of phenolic OH excluding ortho intramolecular Hbond substituents is 1. The van der Waals surface area contributed by atoms with E-state index in [1.54, 1.807) is 6.21 Å². The van der Waals surface area contributed by atoms with Crippen molar-refractivity contribution in [2.24, 2.45) is 4.99 Å². The second kappa shape index (κ2) is 11.8. The van der Waals surface area contributed by atoms with Crippen LogP contribution in [0.5, 0.6) is 5.75 Å². The van der Waals surface area contributed by atoms with Gasteiger partial charge in [0.2, 0.25) is 0 Å². The molecule has 3 aromatic carbocycles. The Balaban J connectivity index is 0.00000101. The molecule has 0 aliphatic carbocycles. The van der Waals surface area contributed by atoms with Crippen molar-refractivity contribution in [2.45, 2.75) is 39.2 Å². The second-order valence-electron chi connectivity index (χ2n) is 7.55. The molecule has 5 heteroatoms. The van der Waals surface area contributed by atoms with Gasteiger partial charge in [0.1, 0.15) is 5.75 Å². The normalized spacial score (nSPS) is 11.3. The van der Waals surface area contributed by atoms with Gasteiger partial charge in [-0.3, -0.25) is 4.99 Å². The SMILES string of the molecule is Cc1cc(C=NC(C)C)c(O)c(C(C)(c2ccccc2)c2ccccc2)c1.[Cl][Zr][Cl]. The first kappa shape index (κ1) is 24.9. The molecule has 0 atom stereocenters. The van der Waals surface area contributed by atoms with Gasteiger partial charge in [0.05, 0.1) is 0 Å². The van der Waals surface area contributed by atoms with Crippen LogP contribution in [0.2, 0.25) is 0 Å². The van der Waals surface area contributed by atoms with Crippen molar-refractivity contribution in [2.75, 3.05) is 0 Å². The molecule has 0 spiro atoms. The summed E-state index contributed by atoms with van der Waals surface area (Å²) in [4.78, 5) is 4.48. The number of hydrogen-bond donors (Lipinski definition) is 1. The van der Waals surface area contributed by atoms with Crippen molar-refractivity contribution in [1.82, 2.24) is 0 Å². The van der Waals surface area contributed by atoms with Gasteiger partial charge >= 0.3 is 37.9 Å². The number of halogens is 2. The first-order valence-corrected chi connectivity index (χ1v) is 16.1. The molecule has 0 bridgehead atoms. The van der Waals surface area contributed by atoms with Crippen LogP contribution in [-0.4, -0.2) is 17.4 Å². The van der Waals surface area contributed by atoms with Gasteiger partial charge in [-0.25, -0.2) is 0 Å². The van der Waals surface area contributed by atoms with Crippen LogP contribution in [-0.2, 0) is 26.3 Å². The fraction of sp³-hybridized carbons (Fsp3) is 0.240.